The van der Waals surface area contributed by atoms with Crippen LogP contribution in [0, 0.1) is 0 Å². The SMILES string of the molecule is ONCc1cnc(-c2ccccc2)o1. The van der Waals surface area contributed by atoms with Gasteiger partial charge >= 0.3 is 0 Å². The van der Waals surface area contributed by atoms with Gasteiger partial charge in [-0.15, -0.1) is 0 Å². The third-order valence-electron chi connectivity index (χ3n) is 1.83. The first-order chi connectivity index (χ1) is 6.90. The van der Waals surface area contributed by atoms with Crippen LogP contribution in [0.5, 0.6) is 0 Å². The fraction of sp³-hybridized carbons (Fsp3) is 0.100. The Kier molecular flexibility index (Phi) is 2.58. The van der Waals surface area contributed by atoms with Crippen LogP contribution in [0.15, 0.2) is 40.9 Å². The second kappa shape index (κ2) is 4.04. The Morgan fingerprint density at radius 1 is 1.29 bits per heavy atom. The van der Waals surface area contributed by atoms with Crippen LogP contribution >= 0.6 is 0 Å². The van der Waals surface area contributed by atoms with E-state index in [-0.39, 0.29) is 6.54 Å². The highest BCUT2D eigenvalue weighted by molar-refractivity contribution is 5.52. The monoisotopic (exact) mass is 190 g/mol. The van der Waals surface area contributed by atoms with Gasteiger partial charge in [-0.25, -0.2) is 4.98 Å². The molecule has 4 heteroatoms. The minimum Gasteiger partial charge on any atom is -0.440 e. The maximum absolute atomic E-state index is 8.46. The summed E-state index contributed by atoms with van der Waals surface area (Å²) < 4.78 is 5.38. The molecule has 2 rings (SSSR count). The fourth-order valence-electron chi connectivity index (χ4n) is 1.18. The summed E-state index contributed by atoms with van der Waals surface area (Å²) in [6.07, 6.45) is 1.59. The minimum absolute atomic E-state index is 0.264. The van der Waals surface area contributed by atoms with Crippen molar-refractivity contribution in [3.63, 3.8) is 0 Å². The third kappa shape index (κ3) is 1.81. The number of hydrogen-bond donors (Lipinski definition) is 2. The first kappa shape index (κ1) is 8.93. The lowest BCUT2D eigenvalue weighted by Gasteiger charge is -1.93. The summed E-state index contributed by atoms with van der Waals surface area (Å²) in [6, 6.07) is 9.61. The lowest BCUT2D eigenvalue weighted by Crippen LogP contribution is -2.04. The predicted octanol–water partition coefficient (Wildman–Crippen LogP) is 1.82. The van der Waals surface area contributed by atoms with E-state index in [0.29, 0.717) is 11.7 Å². The molecule has 2 aromatic rings. The molecule has 0 aliphatic heterocycles. The van der Waals surface area contributed by atoms with E-state index >= 15 is 0 Å². The predicted molar refractivity (Wildman–Crippen MR) is 50.6 cm³/mol. The maximum atomic E-state index is 8.46. The summed E-state index contributed by atoms with van der Waals surface area (Å²) in [5.74, 6) is 1.17. The first-order valence-corrected chi connectivity index (χ1v) is 4.27. The van der Waals surface area contributed by atoms with Crippen LogP contribution in [-0.2, 0) is 6.54 Å². The smallest absolute Gasteiger partial charge is 0.226 e. The van der Waals surface area contributed by atoms with Crippen LogP contribution < -0.4 is 5.48 Å². The second-order valence-electron chi connectivity index (χ2n) is 2.83. The van der Waals surface area contributed by atoms with E-state index in [9.17, 15) is 0 Å². The van der Waals surface area contributed by atoms with Crippen molar-refractivity contribution in [2.24, 2.45) is 0 Å². The summed E-state index contributed by atoms with van der Waals surface area (Å²) in [7, 11) is 0. The molecule has 0 aliphatic carbocycles. The van der Waals surface area contributed by atoms with Crippen LogP contribution in [0.2, 0.25) is 0 Å². The molecule has 2 N–H and O–H groups in total. The van der Waals surface area contributed by atoms with Crippen LogP contribution in [0.1, 0.15) is 5.76 Å². The number of benzene rings is 1. The lowest BCUT2D eigenvalue weighted by atomic mass is 10.2. The average Bonchev–Trinajstić information content (AvgIpc) is 2.68. The van der Waals surface area contributed by atoms with E-state index in [1.54, 1.807) is 6.20 Å². The minimum atomic E-state index is 0.264. The Morgan fingerprint density at radius 2 is 2.07 bits per heavy atom. The van der Waals surface area contributed by atoms with Gasteiger partial charge in [-0.1, -0.05) is 18.2 Å². The largest absolute Gasteiger partial charge is 0.440 e. The van der Waals surface area contributed by atoms with Gasteiger partial charge in [0.25, 0.3) is 0 Å². The molecule has 1 aromatic heterocycles. The van der Waals surface area contributed by atoms with Crippen LogP contribution in [-0.4, -0.2) is 10.2 Å². The number of nitrogens with one attached hydrogen (secondary N) is 1. The van der Waals surface area contributed by atoms with Crippen molar-refractivity contribution in [1.29, 1.82) is 0 Å². The molecule has 1 heterocycles. The Balaban J connectivity index is 2.25. The van der Waals surface area contributed by atoms with Crippen molar-refractivity contribution >= 4 is 0 Å². The molecular weight excluding hydrogens is 180 g/mol. The number of oxazole rings is 1. The van der Waals surface area contributed by atoms with Gasteiger partial charge in [0, 0.05) is 5.56 Å². The average molecular weight is 190 g/mol. The molecule has 0 saturated carbocycles. The zero-order chi connectivity index (χ0) is 9.80. The number of aromatic nitrogens is 1. The maximum Gasteiger partial charge on any atom is 0.226 e. The Bertz CT molecular complexity index is 398. The summed E-state index contributed by atoms with van der Waals surface area (Å²) in [6.45, 7) is 0.264. The molecule has 14 heavy (non-hydrogen) atoms. The Labute approximate surface area is 81.2 Å². The van der Waals surface area contributed by atoms with Crippen molar-refractivity contribution in [2.45, 2.75) is 6.54 Å². The quantitative estimate of drug-likeness (QED) is 0.725. The molecule has 0 saturated heterocycles. The summed E-state index contributed by atoms with van der Waals surface area (Å²) in [5, 5.41) is 8.46. The summed E-state index contributed by atoms with van der Waals surface area (Å²) in [5.41, 5.74) is 2.94. The molecule has 72 valence electrons. The van der Waals surface area contributed by atoms with Gasteiger partial charge in [-0.2, -0.15) is 5.48 Å². The van der Waals surface area contributed by atoms with Crippen molar-refractivity contribution in [3.8, 4) is 11.5 Å². The van der Waals surface area contributed by atoms with Gasteiger partial charge in [0.05, 0.1) is 12.7 Å². The van der Waals surface area contributed by atoms with Gasteiger partial charge in [-0.3, -0.25) is 0 Å². The molecule has 0 bridgehead atoms. The van der Waals surface area contributed by atoms with E-state index in [1.165, 1.54) is 0 Å². The Morgan fingerprint density at radius 3 is 2.79 bits per heavy atom. The molecule has 0 fully saturated rings. The van der Waals surface area contributed by atoms with Crippen molar-refractivity contribution in [3.05, 3.63) is 42.3 Å². The van der Waals surface area contributed by atoms with Crippen LogP contribution in [0.3, 0.4) is 0 Å². The highest BCUT2D eigenvalue weighted by Crippen LogP contribution is 2.18. The molecule has 0 radical (unpaired) electrons. The highest BCUT2D eigenvalue weighted by Gasteiger charge is 2.04. The number of hydrogen-bond acceptors (Lipinski definition) is 4. The molecule has 0 unspecified atom stereocenters. The zero-order valence-electron chi connectivity index (χ0n) is 7.47. The fourth-order valence-corrected chi connectivity index (χ4v) is 1.18. The van der Waals surface area contributed by atoms with Crippen molar-refractivity contribution in [2.75, 3.05) is 0 Å². The number of hydroxylamine groups is 1. The molecule has 4 nitrogen and oxygen atoms in total. The van der Waals surface area contributed by atoms with Gasteiger partial charge in [0.15, 0.2) is 0 Å². The summed E-state index contributed by atoms with van der Waals surface area (Å²) >= 11 is 0. The van der Waals surface area contributed by atoms with Crippen LogP contribution in [0.4, 0.5) is 0 Å². The van der Waals surface area contributed by atoms with Crippen LogP contribution in [0.25, 0.3) is 11.5 Å². The highest BCUT2D eigenvalue weighted by atomic mass is 16.5. The van der Waals surface area contributed by atoms with Gasteiger partial charge in [0.1, 0.15) is 5.76 Å². The molecule has 0 aliphatic rings. The van der Waals surface area contributed by atoms with E-state index in [4.69, 9.17) is 9.62 Å². The molecule has 0 amide bonds. The molecule has 0 spiro atoms. The standard InChI is InChI=1S/C10H10N2O2/c13-12-7-9-6-11-10(14-9)8-4-2-1-3-5-8/h1-6,12-13H,7H2. The van der Waals surface area contributed by atoms with E-state index in [0.717, 1.165) is 5.56 Å². The molecule has 0 atom stereocenters. The van der Waals surface area contributed by atoms with Gasteiger partial charge in [-0.05, 0) is 12.1 Å². The molecular formula is C10H10N2O2. The second-order valence-corrected chi connectivity index (χ2v) is 2.83. The molecule has 1 aromatic carbocycles. The van der Waals surface area contributed by atoms with E-state index in [1.807, 2.05) is 35.8 Å². The number of rotatable bonds is 3. The van der Waals surface area contributed by atoms with E-state index in [2.05, 4.69) is 4.98 Å². The van der Waals surface area contributed by atoms with Gasteiger partial charge in [0.2, 0.25) is 5.89 Å². The third-order valence-corrected chi connectivity index (χ3v) is 1.83. The van der Waals surface area contributed by atoms with Crippen molar-refractivity contribution < 1.29 is 9.62 Å². The Hall–Kier alpha value is -1.65. The normalized spacial score (nSPS) is 10.4. The summed E-state index contributed by atoms with van der Waals surface area (Å²) in [4.78, 5) is 4.09. The lowest BCUT2D eigenvalue weighted by molar-refractivity contribution is 0.153. The zero-order valence-corrected chi connectivity index (χ0v) is 7.47. The van der Waals surface area contributed by atoms with Crippen molar-refractivity contribution in [1.82, 2.24) is 10.5 Å². The van der Waals surface area contributed by atoms with Gasteiger partial charge < -0.3 is 9.62 Å². The van der Waals surface area contributed by atoms with E-state index < -0.39 is 0 Å². The first-order valence-electron chi connectivity index (χ1n) is 4.27. The number of nitrogens with zero attached hydrogens (tertiary/aromatic N) is 1. The topological polar surface area (TPSA) is 58.3 Å².